The fourth-order valence-corrected chi connectivity index (χ4v) is 4.01. The van der Waals surface area contributed by atoms with E-state index in [9.17, 15) is 0 Å². The summed E-state index contributed by atoms with van der Waals surface area (Å²) in [5.41, 5.74) is 2.21. The number of hydrogen-bond acceptors (Lipinski definition) is 3. The van der Waals surface area contributed by atoms with E-state index in [0.717, 1.165) is 48.5 Å². The van der Waals surface area contributed by atoms with Crippen LogP contribution in [0.5, 0.6) is 0 Å². The van der Waals surface area contributed by atoms with E-state index in [1.54, 1.807) is 13.3 Å². The lowest BCUT2D eigenvalue weighted by Crippen LogP contribution is -2.36. The zero-order valence-electron chi connectivity index (χ0n) is 13.0. The SMILES string of the molecule is CON=C1CCC(Cn2ccnc2)(c2ccc(Cl)cc2Cl)CC1. The summed E-state index contributed by atoms with van der Waals surface area (Å²) in [6.45, 7) is 0.842. The van der Waals surface area contributed by atoms with E-state index in [0.29, 0.717) is 5.02 Å². The van der Waals surface area contributed by atoms with Gasteiger partial charge in [-0.2, -0.15) is 0 Å². The van der Waals surface area contributed by atoms with Crippen LogP contribution in [0.3, 0.4) is 0 Å². The number of aromatic nitrogens is 2. The van der Waals surface area contributed by atoms with Crippen LogP contribution in [-0.4, -0.2) is 22.4 Å². The monoisotopic (exact) mass is 351 g/mol. The van der Waals surface area contributed by atoms with Crippen LogP contribution in [0.25, 0.3) is 0 Å². The maximum atomic E-state index is 6.53. The molecular weight excluding hydrogens is 333 g/mol. The second-order valence-electron chi connectivity index (χ2n) is 5.98. The van der Waals surface area contributed by atoms with Crippen molar-refractivity contribution in [2.24, 2.45) is 5.16 Å². The average Bonchev–Trinajstić information content (AvgIpc) is 3.02. The molecule has 0 saturated heterocycles. The lowest BCUT2D eigenvalue weighted by molar-refractivity contribution is 0.207. The first-order chi connectivity index (χ1) is 11.1. The molecule has 0 radical (unpaired) electrons. The van der Waals surface area contributed by atoms with Crippen molar-refractivity contribution < 1.29 is 4.84 Å². The van der Waals surface area contributed by atoms with E-state index in [1.807, 2.05) is 24.7 Å². The minimum Gasteiger partial charge on any atom is -0.399 e. The summed E-state index contributed by atoms with van der Waals surface area (Å²) in [6, 6.07) is 5.80. The molecule has 0 spiro atoms. The third-order valence-corrected chi connectivity index (χ3v) is 5.10. The number of imidazole rings is 1. The fourth-order valence-electron chi connectivity index (χ4n) is 3.40. The van der Waals surface area contributed by atoms with Crippen molar-refractivity contribution in [1.29, 1.82) is 0 Å². The predicted molar refractivity (Wildman–Crippen MR) is 93.3 cm³/mol. The molecule has 1 heterocycles. The lowest BCUT2D eigenvalue weighted by atomic mass is 9.68. The molecule has 4 nitrogen and oxygen atoms in total. The molecule has 0 atom stereocenters. The first-order valence-electron chi connectivity index (χ1n) is 7.63. The number of nitrogens with zero attached hydrogens (tertiary/aromatic N) is 3. The van der Waals surface area contributed by atoms with Gasteiger partial charge < -0.3 is 9.40 Å². The summed E-state index contributed by atoms with van der Waals surface area (Å²) in [5.74, 6) is 0. The topological polar surface area (TPSA) is 39.4 Å². The highest BCUT2D eigenvalue weighted by molar-refractivity contribution is 6.35. The van der Waals surface area contributed by atoms with E-state index < -0.39 is 0 Å². The van der Waals surface area contributed by atoms with Gasteiger partial charge in [0, 0.05) is 34.4 Å². The molecule has 2 aromatic rings. The smallest absolute Gasteiger partial charge is 0.106 e. The standard InChI is InChI=1S/C17H19Cl2N3O/c1-23-21-14-4-6-17(7-5-14,11-22-9-8-20-12-22)15-3-2-13(18)10-16(15)19/h2-3,8-10,12H,4-7,11H2,1H3. The van der Waals surface area contributed by atoms with Gasteiger partial charge in [-0.25, -0.2) is 4.98 Å². The molecule has 0 N–H and O–H groups in total. The molecular formula is C17H19Cl2N3O. The molecule has 0 aliphatic heterocycles. The molecule has 6 heteroatoms. The van der Waals surface area contributed by atoms with E-state index in [-0.39, 0.29) is 5.41 Å². The highest BCUT2D eigenvalue weighted by Crippen LogP contribution is 2.43. The van der Waals surface area contributed by atoms with Gasteiger partial charge in [0.05, 0.1) is 12.0 Å². The number of hydrogen-bond donors (Lipinski definition) is 0. The van der Waals surface area contributed by atoms with Gasteiger partial charge in [0.2, 0.25) is 0 Å². The number of oxime groups is 1. The summed E-state index contributed by atoms with van der Waals surface area (Å²) in [5, 5.41) is 5.51. The van der Waals surface area contributed by atoms with Gasteiger partial charge in [-0.1, -0.05) is 34.4 Å². The van der Waals surface area contributed by atoms with Crippen LogP contribution in [0.1, 0.15) is 31.2 Å². The molecule has 3 rings (SSSR count). The number of rotatable bonds is 4. The summed E-state index contributed by atoms with van der Waals surface area (Å²) in [6.07, 6.45) is 9.39. The Hall–Kier alpha value is -1.52. The van der Waals surface area contributed by atoms with Gasteiger partial charge in [0.25, 0.3) is 0 Å². The zero-order chi connectivity index (χ0) is 16.3. The van der Waals surface area contributed by atoms with E-state index >= 15 is 0 Å². The molecule has 0 amide bonds. The Morgan fingerprint density at radius 1 is 1.30 bits per heavy atom. The van der Waals surface area contributed by atoms with E-state index in [1.165, 1.54) is 0 Å². The van der Waals surface area contributed by atoms with Gasteiger partial charge in [-0.15, -0.1) is 0 Å². The van der Waals surface area contributed by atoms with Crippen molar-refractivity contribution in [2.75, 3.05) is 7.11 Å². The fraction of sp³-hybridized carbons (Fsp3) is 0.412. The Bertz CT molecular complexity index is 688. The Morgan fingerprint density at radius 2 is 2.09 bits per heavy atom. The van der Waals surface area contributed by atoms with Crippen LogP contribution >= 0.6 is 23.2 Å². The molecule has 1 aromatic carbocycles. The van der Waals surface area contributed by atoms with Crippen LogP contribution in [0.4, 0.5) is 0 Å². The largest absolute Gasteiger partial charge is 0.399 e. The second-order valence-corrected chi connectivity index (χ2v) is 6.82. The molecule has 1 aliphatic carbocycles. The first kappa shape index (κ1) is 16.3. The maximum Gasteiger partial charge on any atom is 0.106 e. The van der Waals surface area contributed by atoms with Crippen LogP contribution in [0, 0.1) is 0 Å². The number of benzene rings is 1. The molecule has 23 heavy (non-hydrogen) atoms. The van der Waals surface area contributed by atoms with Crippen molar-refractivity contribution in [3.05, 3.63) is 52.5 Å². The minimum atomic E-state index is -0.0465. The van der Waals surface area contributed by atoms with Crippen molar-refractivity contribution in [3.8, 4) is 0 Å². The van der Waals surface area contributed by atoms with Crippen molar-refractivity contribution >= 4 is 28.9 Å². The van der Waals surface area contributed by atoms with Gasteiger partial charge in [0.1, 0.15) is 7.11 Å². The van der Waals surface area contributed by atoms with Crippen LogP contribution in [0.15, 0.2) is 42.1 Å². The summed E-state index contributed by atoms with van der Waals surface area (Å²) in [7, 11) is 1.59. The number of halogens is 2. The molecule has 1 saturated carbocycles. The lowest BCUT2D eigenvalue weighted by Gasteiger charge is -2.39. The summed E-state index contributed by atoms with van der Waals surface area (Å²) in [4.78, 5) is 9.09. The van der Waals surface area contributed by atoms with Gasteiger partial charge in [-0.3, -0.25) is 0 Å². The third kappa shape index (κ3) is 3.54. The normalized spacial score (nSPS) is 21.3. The molecule has 0 bridgehead atoms. The van der Waals surface area contributed by atoms with Gasteiger partial charge in [-0.05, 0) is 43.4 Å². The molecule has 122 valence electrons. The van der Waals surface area contributed by atoms with E-state index in [2.05, 4.69) is 20.8 Å². The van der Waals surface area contributed by atoms with E-state index in [4.69, 9.17) is 28.0 Å². The van der Waals surface area contributed by atoms with Gasteiger partial charge >= 0.3 is 0 Å². The third-order valence-electron chi connectivity index (χ3n) is 4.55. The van der Waals surface area contributed by atoms with Crippen molar-refractivity contribution in [1.82, 2.24) is 9.55 Å². The van der Waals surface area contributed by atoms with Gasteiger partial charge in [0.15, 0.2) is 0 Å². The zero-order valence-corrected chi connectivity index (χ0v) is 14.5. The Balaban J connectivity index is 1.95. The maximum absolute atomic E-state index is 6.53. The highest BCUT2D eigenvalue weighted by Gasteiger charge is 2.37. The summed E-state index contributed by atoms with van der Waals surface area (Å²) < 4.78 is 2.11. The Kier molecular flexibility index (Phi) is 4.93. The highest BCUT2D eigenvalue weighted by atomic mass is 35.5. The van der Waals surface area contributed by atoms with Crippen molar-refractivity contribution in [2.45, 2.75) is 37.6 Å². The Morgan fingerprint density at radius 3 is 2.70 bits per heavy atom. The molecule has 1 aromatic heterocycles. The Labute approximate surface area is 146 Å². The molecule has 1 fully saturated rings. The molecule has 1 aliphatic rings. The predicted octanol–water partition coefficient (Wildman–Crippen LogP) is 4.70. The first-order valence-corrected chi connectivity index (χ1v) is 8.39. The molecule has 0 unspecified atom stereocenters. The van der Waals surface area contributed by atoms with Crippen LogP contribution in [-0.2, 0) is 16.8 Å². The van der Waals surface area contributed by atoms with Crippen molar-refractivity contribution in [3.63, 3.8) is 0 Å². The average molecular weight is 352 g/mol. The second kappa shape index (κ2) is 6.93. The van der Waals surface area contributed by atoms with Crippen LogP contribution in [0.2, 0.25) is 10.0 Å². The summed E-state index contributed by atoms with van der Waals surface area (Å²) >= 11 is 12.6. The quantitative estimate of drug-likeness (QED) is 0.748. The van der Waals surface area contributed by atoms with Crippen LogP contribution < -0.4 is 0 Å². The minimum absolute atomic E-state index is 0.0465.